The van der Waals surface area contributed by atoms with Gasteiger partial charge in [-0.1, -0.05) is 135 Å². The number of nitrogens with two attached hydrogens (primary N) is 1. The Kier molecular flexibility index (Phi) is 33.0. The minimum absolute atomic E-state index is 0.0942. The summed E-state index contributed by atoms with van der Waals surface area (Å²) in [4.78, 5) is 22.3. The van der Waals surface area contributed by atoms with Crippen LogP contribution in [0.5, 0.6) is 0 Å². The van der Waals surface area contributed by atoms with Crippen molar-refractivity contribution in [2.75, 3.05) is 33.0 Å². The zero-order chi connectivity index (χ0) is 32.4. The molecule has 0 saturated carbocycles. The summed E-state index contributed by atoms with van der Waals surface area (Å²) in [7, 11) is -4.26. The third-order valence-electron chi connectivity index (χ3n) is 7.68. The molecule has 0 saturated heterocycles. The van der Waals surface area contributed by atoms with Crippen molar-refractivity contribution in [3.63, 3.8) is 0 Å². The van der Waals surface area contributed by atoms with Crippen molar-refractivity contribution in [2.24, 2.45) is 5.73 Å². The number of carbonyl (C=O) groups is 1. The maximum Gasteiger partial charge on any atom is 0.472 e. The van der Waals surface area contributed by atoms with Crippen molar-refractivity contribution >= 4 is 13.8 Å². The number of esters is 1. The van der Waals surface area contributed by atoms with Gasteiger partial charge in [0.05, 0.1) is 19.8 Å². The molecule has 0 aliphatic carbocycles. The van der Waals surface area contributed by atoms with Gasteiger partial charge in [-0.05, 0) is 38.5 Å². The standard InChI is InChI=1S/C35H70NO7P/c1-3-5-7-9-11-13-15-16-17-18-20-22-24-26-28-35(37)43-34(33-42-44(38,39)41-31-29-36)32-40-30-27-25-23-21-19-14-12-10-8-6-4-2/h15-16,34H,3-14,17-33,36H2,1-2H3,(H,38,39)/b16-15-. The molecule has 2 unspecified atom stereocenters. The Labute approximate surface area is 271 Å². The van der Waals surface area contributed by atoms with Crippen LogP contribution in [0, 0.1) is 0 Å². The first kappa shape index (κ1) is 43.2. The number of allylic oxidation sites excluding steroid dienone is 2. The van der Waals surface area contributed by atoms with Gasteiger partial charge in [0, 0.05) is 19.6 Å². The van der Waals surface area contributed by atoms with E-state index in [2.05, 4.69) is 26.0 Å². The van der Waals surface area contributed by atoms with Crippen molar-refractivity contribution in [1.29, 1.82) is 0 Å². The predicted molar refractivity (Wildman–Crippen MR) is 183 cm³/mol. The molecule has 0 aromatic heterocycles. The smallest absolute Gasteiger partial charge is 0.457 e. The molecule has 0 aliphatic rings. The Morgan fingerprint density at radius 2 is 1.14 bits per heavy atom. The molecule has 44 heavy (non-hydrogen) atoms. The van der Waals surface area contributed by atoms with Crippen LogP contribution >= 0.6 is 7.82 Å². The zero-order valence-electron chi connectivity index (χ0n) is 28.7. The van der Waals surface area contributed by atoms with E-state index < -0.39 is 13.9 Å². The maximum absolute atomic E-state index is 12.5. The number of hydrogen-bond donors (Lipinski definition) is 2. The molecule has 0 radical (unpaired) electrons. The molecule has 9 heteroatoms. The first-order valence-electron chi connectivity index (χ1n) is 18.2. The summed E-state index contributed by atoms with van der Waals surface area (Å²) in [6.45, 7) is 4.91. The summed E-state index contributed by atoms with van der Waals surface area (Å²) >= 11 is 0. The van der Waals surface area contributed by atoms with E-state index in [4.69, 9.17) is 24.3 Å². The Hall–Kier alpha value is -0.760. The molecule has 0 bridgehead atoms. The highest BCUT2D eigenvalue weighted by Gasteiger charge is 2.25. The monoisotopic (exact) mass is 647 g/mol. The van der Waals surface area contributed by atoms with E-state index in [1.807, 2.05) is 0 Å². The minimum Gasteiger partial charge on any atom is -0.457 e. The Bertz CT molecular complexity index is 692. The van der Waals surface area contributed by atoms with Crippen LogP contribution in [0.2, 0.25) is 0 Å². The average molecular weight is 648 g/mol. The van der Waals surface area contributed by atoms with Crippen molar-refractivity contribution in [1.82, 2.24) is 0 Å². The molecule has 0 amide bonds. The van der Waals surface area contributed by atoms with Crippen LogP contribution in [0.25, 0.3) is 0 Å². The van der Waals surface area contributed by atoms with Gasteiger partial charge in [-0.3, -0.25) is 13.8 Å². The van der Waals surface area contributed by atoms with Crippen molar-refractivity contribution in [3.05, 3.63) is 12.2 Å². The van der Waals surface area contributed by atoms with E-state index in [1.165, 1.54) is 103 Å². The SMILES string of the molecule is CCCCCCC/C=C\CCCCCCCC(=O)OC(COCCCCCCCCCCCCC)COP(=O)(O)OCCN. The molecule has 0 spiro atoms. The van der Waals surface area contributed by atoms with E-state index in [0.717, 1.165) is 44.9 Å². The van der Waals surface area contributed by atoms with Gasteiger partial charge in [0.15, 0.2) is 0 Å². The van der Waals surface area contributed by atoms with E-state index in [1.54, 1.807) is 0 Å². The topological polar surface area (TPSA) is 117 Å². The fraction of sp³-hybridized carbons (Fsp3) is 0.914. The van der Waals surface area contributed by atoms with Crippen LogP contribution < -0.4 is 5.73 Å². The fourth-order valence-corrected chi connectivity index (χ4v) is 5.76. The molecular weight excluding hydrogens is 577 g/mol. The predicted octanol–water partition coefficient (Wildman–Crippen LogP) is 9.97. The Morgan fingerprint density at radius 1 is 0.659 bits per heavy atom. The number of phosphoric ester groups is 1. The van der Waals surface area contributed by atoms with E-state index >= 15 is 0 Å². The Morgan fingerprint density at radius 3 is 1.66 bits per heavy atom. The van der Waals surface area contributed by atoms with Crippen LogP contribution in [-0.4, -0.2) is 49.9 Å². The van der Waals surface area contributed by atoms with Crippen molar-refractivity contribution < 1.29 is 32.8 Å². The van der Waals surface area contributed by atoms with E-state index in [9.17, 15) is 14.3 Å². The molecule has 0 aromatic carbocycles. The van der Waals surface area contributed by atoms with Gasteiger partial charge in [-0.15, -0.1) is 0 Å². The molecule has 0 aliphatic heterocycles. The minimum atomic E-state index is -4.26. The van der Waals surface area contributed by atoms with Crippen molar-refractivity contribution in [3.8, 4) is 0 Å². The maximum atomic E-state index is 12.5. The first-order valence-corrected chi connectivity index (χ1v) is 19.7. The highest BCUT2D eigenvalue weighted by atomic mass is 31.2. The average Bonchev–Trinajstić information content (AvgIpc) is 3.01. The van der Waals surface area contributed by atoms with Gasteiger partial charge < -0.3 is 20.1 Å². The van der Waals surface area contributed by atoms with Gasteiger partial charge in [-0.2, -0.15) is 0 Å². The number of rotatable bonds is 35. The summed E-state index contributed by atoms with van der Waals surface area (Å²) in [5.41, 5.74) is 5.34. The summed E-state index contributed by atoms with van der Waals surface area (Å²) < 4.78 is 33.2. The largest absolute Gasteiger partial charge is 0.472 e. The van der Waals surface area contributed by atoms with Crippen LogP contribution in [0.1, 0.15) is 168 Å². The molecule has 0 heterocycles. The number of ether oxygens (including phenoxy) is 2. The zero-order valence-corrected chi connectivity index (χ0v) is 29.6. The third kappa shape index (κ3) is 32.6. The van der Waals surface area contributed by atoms with Crippen LogP contribution in [0.3, 0.4) is 0 Å². The molecule has 0 fully saturated rings. The van der Waals surface area contributed by atoms with E-state index in [-0.39, 0.29) is 32.3 Å². The molecule has 262 valence electrons. The highest BCUT2D eigenvalue weighted by molar-refractivity contribution is 7.47. The lowest BCUT2D eigenvalue weighted by Gasteiger charge is -2.20. The molecule has 3 N–H and O–H groups in total. The number of hydrogen-bond acceptors (Lipinski definition) is 7. The normalized spacial score (nSPS) is 13.8. The summed E-state index contributed by atoms with van der Waals surface area (Å²) in [6, 6.07) is 0. The van der Waals surface area contributed by atoms with Crippen LogP contribution in [0.15, 0.2) is 12.2 Å². The first-order chi connectivity index (χ1) is 21.4. The molecule has 8 nitrogen and oxygen atoms in total. The summed E-state index contributed by atoms with van der Waals surface area (Å²) in [6.07, 6.45) is 32.1. The summed E-state index contributed by atoms with van der Waals surface area (Å²) in [5.74, 6) is -0.339. The second-order valence-corrected chi connectivity index (χ2v) is 13.5. The molecule has 0 aromatic rings. The van der Waals surface area contributed by atoms with Gasteiger partial charge in [0.25, 0.3) is 0 Å². The van der Waals surface area contributed by atoms with Gasteiger partial charge in [0.1, 0.15) is 6.10 Å². The van der Waals surface area contributed by atoms with Gasteiger partial charge in [-0.25, -0.2) is 4.57 Å². The number of unbranched alkanes of at least 4 members (excludes halogenated alkanes) is 20. The number of carbonyl (C=O) groups excluding carboxylic acids is 1. The lowest BCUT2D eigenvalue weighted by Crippen LogP contribution is -2.28. The third-order valence-corrected chi connectivity index (χ3v) is 8.67. The van der Waals surface area contributed by atoms with Gasteiger partial charge in [0.2, 0.25) is 0 Å². The Balaban J connectivity index is 4.11. The quantitative estimate of drug-likeness (QED) is 0.0302. The lowest BCUT2D eigenvalue weighted by molar-refractivity contribution is -0.154. The van der Waals surface area contributed by atoms with Crippen LogP contribution in [0.4, 0.5) is 0 Å². The summed E-state index contributed by atoms with van der Waals surface area (Å²) in [5, 5.41) is 0. The fourth-order valence-electron chi connectivity index (χ4n) is 4.99. The molecule has 2 atom stereocenters. The van der Waals surface area contributed by atoms with Gasteiger partial charge >= 0.3 is 13.8 Å². The number of phosphoric acid groups is 1. The van der Waals surface area contributed by atoms with Crippen molar-refractivity contribution in [2.45, 2.75) is 174 Å². The molecular formula is C35H70NO7P. The molecule has 0 rings (SSSR count). The highest BCUT2D eigenvalue weighted by Crippen LogP contribution is 2.43. The van der Waals surface area contributed by atoms with Crippen LogP contribution in [-0.2, 0) is 27.9 Å². The lowest BCUT2D eigenvalue weighted by atomic mass is 10.1. The second kappa shape index (κ2) is 33.6. The van der Waals surface area contributed by atoms with E-state index in [0.29, 0.717) is 13.0 Å². The second-order valence-electron chi connectivity index (χ2n) is 12.1.